The van der Waals surface area contributed by atoms with Gasteiger partial charge in [-0.1, -0.05) is 0 Å². The number of carbonyl (C=O) groups is 2. The predicted octanol–water partition coefficient (Wildman–Crippen LogP) is 1.74. The number of thioether (sulfide) groups is 1. The standard InChI is InChI=1S/C15H19NO5S/c1-20-11-3-4-13(21-2)12(8-11)15(19)16-5-6-22-9-10(16)7-14(17)18/h3-4,8,10H,5-7,9H2,1-2H3,(H,17,18)/t10-/m0/s1. The molecular weight excluding hydrogens is 306 g/mol. The molecule has 1 amide bonds. The Kier molecular flexibility index (Phi) is 5.54. The van der Waals surface area contributed by atoms with Gasteiger partial charge in [0.25, 0.3) is 5.91 Å². The van der Waals surface area contributed by atoms with Gasteiger partial charge in [-0.05, 0) is 18.2 Å². The first-order valence-electron chi connectivity index (χ1n) is 6.89. The molecule has 1 aromatic rings. The molecule has 1 saturated heterocycles. The van der Waals surface area contributed by atoms with Crippen LogP contribution in [0.2, 0.25) is 0 Å². The Hall–Kier alpha value is -1.89. The number of carbonyl (C=O) groups excluding carboxylic acids is 1. The summed E-state index contributed by atoms with van der Waals surface area (Å²) >= 11 is 1.67. The Labute approximate surface area is 133 Å². The van der Waals surface area contributed by atoms with Crippen LogP contribution in [0.1, 0.15) is 16.8 Å². The van der Waals surface area contributed by atoms with Crippen LogP contribution in [-0.2, 0) is 4.79 Å². The van der Waals surface area contributed by atoms with Gasteiger partial charge in [0, 0.05) is 18.1 Å². The lowest BCUT2D eigenvalue weighted by Crippen LogP contribution is -2.47. The lowest BCUT2D eigenvalue weighted by molar-refractivity contribution is -0.138. The number of benzene rings is 1. The minimum absolute atomic E-state index is 0.0506. The second kappa shape index (κ2) is 7.40. The molecule has 1 N–H and O–H groups in total. The molecule has 1 heterocycles. The van der Waals surface area contributed by atoms with E-state index >= 15 is 0 Å². The molecule has 0 spiro atoms. The predicted molar refractivity (Wildman–Crippen MR) is 83.9 cm³/mol. The smallest absolute Gasteiger partial charge is 0.305 e. The summed E-state index contributed by atoms with van der Waals surface area (Å²) in [6.45, 7) is 0.530. The number of hydrogen-bond acceptors (Lipinski definition) is 5. The van der Waals surface area contributed by atoms with Gasteiger partial charge >= 0.3 is 5.97 Å². The number of nitrogens with zero attached hydrogens (tertiary/aromatic N) is 1. The quantitative estimate of drug-likeness (QED) is 0.888. The number of aliphatic carboxylic acids is 1. The molecule has 0 unspecified atom stereocenters. The van der Waals surface area contributed by atoms with E-state index in [0.717, 1.165) is 5.75 Å². The highest BCUT2D eigenvalue weighted by atomic mass is 32.2. The number of rotatable bonds is 5. The zero-order chi connectivity index (χ0) is 16.1. The molecule has 7 heteroatoms. The minimum atomic E-state index is -0.900. The van der Waals surface area contributed by atoms with E-state index in [1.54, 1.807) is 34.9 Å². The van der Waals surface area contributed by atoms with Crippen molar-refractivity contribution < 1.29 is 24.2 Å². The maximum Gasteiger partial charge on any atom is 0.305 e. The van der Waals surface area contributed by atoms with Crippen LogP contribution < -0.4 is 9.47 Å². The molecule has 6 nitrogen and oxygen atoms in total. The number of ether oxygens (including phenoxy) is 2. The molecule has 0 radical (unpaired) electrons. The van der Waals surface area contributed by atoms with Crippen LogP contribution in [0.3, 0.4) is 0 Å². The first-order valence-corrected chi connectivity index (χ1v) is 8.04. The molecule has 0 saturated carbocycles. The molecule has 0 aromatic heterocycles. The molecule has 120 valence electrons. The summed E-state index contributed by atoms with van der Waals surface area (Å²) in [4.78, 5) is 25.5. The largest absolute Gasteiger partial charge is 0.497 e. The highest BCUT2D eigenvalue weighted by Crippen LogP contribution is 2.28. The summed E-state index contributed by atoms with van der Waals surface area (Å²) in [5.74, 6) is 1.33. The van der Waals surface area contributed by atoms with E-state index in [1.807, 2.05) is 0 Å². The van der Waals surface area contributed by atoms with Gasteiger partial charge in [-0.25, -0.2) is 0 Å². The lowest BCUT2D eigenvalue weighted by atomic mass is 10.1. The van der Waals surface area contributed by atoms with Crippen molar-refractivity contribution in [3.63, 3.8) is 0 Å². The summed E-state index contributed by atoms with van der Waals surface area (Å²) in [5, 5.41) is 9.03. The maximum atomic E-state index is 12.8. The van der Waals surface area contributed by atoms with Gasteiger partial charge in [0.15, 0.2) is 0 Å². The van der Waals surface area contributed by atoms with Crippen molar-refractivity contribution in [1.82, 2.24) is 4.90 Å². The first-order chi connectivity index (χ1) is 10.6. The average Bonchev–Trinajstić information content (AvgIpc) is 2.53. The molecule has 22 heavy (non-hydrogen) atoms. The zero-order valence-electron chi connectivity index (χ0n) is 12.6. The second-order valence-electron chi connectivity index (χ2n) is 4.89. The third-order valence-corrected chi connectivity index (χ3v) is 4.63. The Morgan fingerprint density at radius 2 is 2.14 bits per heavy atom. The van der Waals surface area contributed by atoms with Crippen LogP contribution in [0.5, 0.6) is 11.5 Å². The molecule has 1 aliphatic rings. The van der Waals surface area contributed by atoms with Gasteiger partial charge in [-0.3, -0.25) is 9.59 Å². The fraction of sp³-hybridized carbons (Fsp3) is 0.467. The van der Waals surface area contributed by atoms with Crippen molar-refractivity contribution in [3.8, 4) is 11.5 Å². The molecule has 1 aliphatic heterocycles. The van der Waals surface area contributed by atoms with Crippen LogP contribution in [0.4, 0.5) is 0 Å². The van der Waals surface area contributed by atoms with E-state index in [2.05, 4.69) is 0 Å². The number of methoxy groups -OCH3 is 2. The van der Waals surface area contributed by atoms with Crippen LogP contribution >= 0.6 is 11.8 Å². The summed E-state index contributed by atoms with van der Waals surface area (Å²) in [6, 6.07) is 4.72. The summed E-state index contributed by atoms with van der Waals surface area (Å²) < 4.78 is 10.4. The van der Waals surface area contributed by atoms with Crippen molar-refractivity contribution >= 4 is 23.6 Å². The van der Waals surface area contributed by atoms with Crippen LogP contribution in [-0.4, -0.2) is 60.2 Å². The Morgan fingerprint density at radius 3 is 2.77 bits per heavy atom. The van der Waals surface area contributed by atoms with Gasteiger partial charge in [0.1, 0.15) is 11.5 Å². The van der Waals surface area contributed by atoms with Gasteiger partial charge in [0.2, 0.25) is 0 Å². The van der Waals surface area contributed by atoms with Crippen LogP contribution in [0, 0.1) is 0 Å². The van der Waals surface area contributed by atoms with Crippen molar-refractivity contribution in [2.45, 2.75) is 12.5 Å². The van der Waals surface area contributed by atoms with Gasteiger partial charge in [-0.15, -0.1) is 0 Å². The Bertz CT molecular complexity index is 563. The molecule has 0 bridgehead atoms. The summed E-state index contributed by atoms with van der Waals surface area (Å²) in [5.41, 5.74) is 0.393. The van der Waals surface area contributed by atoms with E-state index in [0.29, 0.717) is 29.4 Å². The molecule has 0 aliphatic carbocycles. The number of carboxylic acid groups (broad SMARTS) is 1. The van der Waals surface area contributed by atoms with Crippen LogP contribution in [0.15, 0.2) is 18.2 Å². The Balaban J connectivity index is 2.30. The molecule has 1 atom stereocenters. The number of carboxylic acids is 1. The topological polar surface area (TPSA) is 76.1 Å². The normalized spacial score (nSPS) is 17.9. The summed E-state index contributed by atoms with van der Waals surface area (Å²) in [6.07, 6.45) is -0.0506. The number of amides is 1. The third-order valence-electron chi connectivity index (χ3n) is 3.54. The molecular formula is C15H19NO5S. The third kappa shape index (κ3) is 3.65. The SMILES string of the molecule is COc1ccc(OC)c(C(=O)N2CCSC[C@@H]2CC(=O)O)c1. The van der Waals surface area contributed by atoms with Crippen molar-refractivity contribution in [2.24, 2.45) is 0 Å². The zero-order valence-corrected chi connectivity index (χ0v) is 13.4. The minimum Gasteiger partial charge on any atom is -0.497 e. The first kappa shape index (κ1) is 16.5. The second-order valence-corrected chi connectivity index (χ2v) is 6.04. The highest BCUT2D eigenvalue weighted by Gasteiger charge is 2.31. The lowest BCUT2D eigenvalue weighted by Gasteiger charge is -2.35. The van der Waals surface area contributed by atoms with E-state index < -0.39 is 5.97 Å². The van der Waals surface area contributed by atoms with E-state index in [4.69, 9.17) is 14.6 Å². The van der Waals surface area contributed by atoms with Crippen molar-refractivity contribution in [3.05, 3.63) is 23.8 Å². The Morgan fingerprint density at radius 1 is 1.36 bits per heavy atom. The fourth-order valence-corrected chi connectivity index (χ4v) is 3.49. The average molecular weight is 325 g/mol. The number of hydrogen-bond donors (Lipinski definition) is 1. The molecule has 2 rings (SSSR count). The van der Waals surface area contributed by atoms with Gasteiger partial charge in [0.05, 0.1) is 32.2 Å². The maximum absolute atomic E-state index is 12.8. The van der Waals surface area contributed by atoms with Crippen molar-refractivity contribution in [2.75, 3.05) is 32.3 Å². The van der Waals surface area contributed by atoms with E-state index in [9.17, 15) is 9.59 Å². The van der Waals surface area contributed by atoms with Crippen LogP contribution in [0.25, 0.3) is 0 Å². The molecule has 1 fully saturated rings. The fourth-order valence-electron chi connectivity index (χ4n) is 2.43. The monoisotopic (exact) mass is 325 g/mol. The van der Waals surface area contributed by atoms with Gasteiger partial charge < -0.3 is 19.5 Å². The van der Waals surface area contributed by atoms with E-state index in [-0.39, 0.29) is 18.4 Å². The molecule has 1 aromatic carbocycles. The van der Waals surface area contributed by atoms with Crippen molar-refractivity contribution in [1.29, 1.82) is 0 Å². The highest BCUT2D eigenvalue weighted by molar-refractivity contribution is 7.99. The summed E-state index contributed by atoms with van der Waals surface area (Å²) in [7, 11) is 3.03. The van der Waals surface area contributed by atoms with E-state index in [1.165, 1.54) is 14.2 Å². The van der Waals surface area contributed by atoms with Gasteiger partial charge in [-0.2, -0.15) is 11.8 Å².